The maximum absolute atomic E-state index is 12.2. The molecule has 1 amide bonds. The molecule has 2 heterocycles. The van der Waals surface area contributed by atoms with E-state index in [1.54, 1.807) is 0 Å². The number of carbonyl (C=O) groups is 1. The summed E-state index contributed by atoms with van der Waals surface area (Å²) < 4.78 is 0. The van der Waals surface area contributed by atoms with Crippen molar-refractivity contribution >= 4 is 17.3 Å². The third kappa shape index (κ3) is 2.00. The predicted octanol–water partition coefficient (Wildman–Crippen LogP) is 1.56. The van der Waals surface area contributed by atoms with Crippen LogP contribution >= 0.6 is 0 Å². The van der Waals surface area contributed by atoms with Crippen LogP contribution in [0.3, 0.4) is 0 Å². The lowest BCUT2D eigenvalue weighted by Gasteiger charge is -2.44. The average Bonchev–Trinajstić information content (AvgIpc) is 2.38. The first-order valence-corrected chi connectivity index (χ1v) is 6.96. The number of anilines is 2. The van der Waals surface area contributed by atoms with Crippen LogP contribution in [-0.4, -0.2) is 38.6 Å². The number of fused-ring (bicyclic) bond motifs is 3. The first-order valence-electron chi connectivity index (χ1n) is 6.96. The van der Waals surface area contributed by atoms with Crippen LogP contribution < -0.4 is 15.1 Å². The van der Waals surface area contributed by atoms with Crippen LogP contribution in [0, 0.1) is 0 Å². The van der Waals surface area contributed by atoms with Gasteiger partial charge in [-0.25, -0.2) is 0 Å². The van der Waals surface area contributed by atoms with Gasteiger partial charge in [-0.2, -0.15) is 0 Å². The van der Waals surface area contributed by atoms with Gasteiger partial charge >= 0.3 is 0 Å². The molecule has 1 aromatic carbocycles. The first kappa shape index (κ1) is 12.5. The van der Waals surface area contributed by atoms with E-state index in [0.717, 1.165) is 18.8 Å². The minimum absolute atomic E-state index is 0.183. The lowest BCUT2D eigenvalue weighted by Crippen LogP contribution is -2.61. The topological polar surface area (TPSA) is 35.6 Å². The minimum Gasteiger partial charge on any atom is -0.371 e. The van der Waals surface area contributed by atoms with Gasteiger partial charge in [0.15, 0.2) is 0 Å². The zero-order valence-corrected chi connectivity index (χ0v) is 11.8. The summed E-state index contributed by atoms with van der Waals surface area (Å²) in [5.41, 5.74) is 3.57. The summed E-state index contributed by atoms with van der Waals surface area (Å²) in [5.74, 6) is 0.693. The molecule has 1 atom stereocenters. The number of hydrogen-bond donors (Lipinski definition) is 1. The standard InChI is InChI=1S/C15H21N3O/c1-10(2)11-4-5-13-14(6-11)17(3)9-12-7-16-8-15(19)18(12)13/h4-6,10,12,16H,7-9H2,1-3H3. The number of rotatable bonds is 1. The van der Waals surface area contributed by atoms with Crippen LogP contribution in [-0.2, 0) is 4.79 Å². The smallest absolute Gasteiger partial charge is 0.241 e. The minimum atomic E-state index is 0.183. The molecule has 2 aliphatic heterocycles. The molecule has 0 bridgehead atoms. The molecule has 0 spiro atoms. The van der Waals surface area contributed by atoms with E-state index in [-0.39, 0.29) is 11.9 Å². The molecule has 4 nitrogen and oxygen atoms in total. The maximum Gasteiger partial charge on any atom is 0.241 e. The van der Waals surface area contributed by atoms with Crippen LogP contribution in [0.5, 0.6) is 0 Å². The summed E-state index contributed by atoms with van der Waals surface area (Å²) in [4.78, 5) is 16.4. The SMILES string of the molecule is CC(C)c1ccc2c(c1)N(C)CC1CNCC(=O)N21. The summed E-state index contributed by atoms with van der Waals surface area (Å²) in [5, 5.41) is 3.20. The average molecular weight is 259 g/mol. The van der Waals surface area contributed by atoms with Crippen molar-refractivity contribution < 1.29 is 4.79 Å². The molecule has 19 heavy (non-hydrogen) atoms. The summed E-state index contributed by atoms with van der Waals surface area (Å²) in [7, 11) is 2.11. The summed E-state index contributed by atoms with van der Waals surface area (Å²) in [6.07, 6.45) is 0. The molecule has 1 aromatic rings. The van der Waals surface area contributed by atoms with Crippen molar-refractivity contribution in [1.82, 2.24) is 5.32 Å². The Morgan fingerprint density at radius 1 is 1.32 bits per heavy atom. The highest BCUT2D eigenvalue weighted by Crippen LogP contribution is 2.37. The summed E-state index contributed by atoms with van der Waals surface area (Å²) in [6.45, 7) is 6.62. The molecular weight excluding hydrogens is 238 g/mol. The number of benzene rings is 1. The van der Waals surface area contributed by atoms with Crippen molar-refractivity contribution in [2.75, 3.05) is 36.5 Å². The van der Waals surface area contributed by atoms with Gasteiger partial charge < -0.3 is 15.1 Å². The van der Waals surface area contributed by atoms with Crippen LogP contribution in [0.15, 0.2) is 18.2 Å². The fourth-order valence-corrected chi connectivity index (χ4v) is 3.03. The van der Waals surface area contributed by atoms with Crippen molar-refractivity contribution in [3.63, 3.8) is 0 Å². The molecule has 1 N–H and O–H groups in total. The van der Waals surface area contributed by atoms with E-state index in [1.807, 2.05) is 4.90 Å². The van der Waals surface area contributed by atoms with Crippen LogP contribution in [0.1, 0.15) is 25.3 Å². The molecule has 0 aliphatic carbocycles. The maximum atomic E-state index is 12.2. The van der Waals surface area contributed by atoms with Gasteiger partial charge in [-0.15, -0.1) is 0 Å². The lowest BCUT2D eigenvalue weighted by atomic mass is 9.98. The molecule has 0 saturated carbocycles. The van der Waals surface area contributed by atoms with Gasteiger partial charge in [0.25, 0.3) is 0 Å². The predicted molar refractivity (Wildman–Crippen MR) is 77.9 cm³/mol. The lowest BCUT2D eigenvalue weighted by molar-refractivity contribution is -0.119. The van der Waals surface area contributed by atoms with E-state index in [0.29, 0.717) is 12.5 Å². The second-order valence-electron chi connectivity index (χ2n) is 5.83. The monoisotopic (exact) mass is 259 g/mol. The zero-order valence-electron chi connectivity index (χ0n) is 11.8. The summed E-state index contributed by atoms with van der Waals surface area (Å²) in [6, 6.07) is 6.74. The van der Waals surface area contributed by atoms with Crippen LogP contribution in [0.2, 0.25) is 0 Å². The molecule has 0 radical (unpaired) electrons. The van der Waals surface area contributed by atoms with E-state index in [2.05, 4.69) is 49.3 Å². The van der Waals surface area contributed by atoms with E-state index in [9.17, 15) is 4.79 Å². The normalized spacial score (nSPS) is 22.5. The second kappa shape index (κ2) is 4.53. The summed E-state index contributed by atoms with van der Waals surface area (Å²) >= 11 is 0. The number of likely N-dealkylation sites (N-methyl/N-ethyl adjacent to an activating group) is 1. The molecule has 3 rings (SSSR count). The van der Waals surface area contributed by atoms with Crippen LogP contribution in [0.4, 0.5) is 11.4 Å². The fraction of sp³-hybridized carbons (Fsp3) is 0.533. The van der Waals surface area contributed by atoms with Gasteiger partial charge in [-0.3, -0.25) is 4.79 Å². The van der Waals surface area contributed by atoms with Crippen molar-refractivity contribution in [1.29, 1.82) is 0 Å². The zero-order chi connectivity index (χ0) is 13.6. The second-order valence-corrected chi connectivity index (χ2v) is 5.83. The Bertz CT molecular complexity index is 512. The number of hydrogen-bond acceptors (Lipinski definition) is 3. The largest absolute Gasteiger partial charge is 0.371 e. The van der Waals surface area contributed by atoms with E-state index in [1.165, 1.54) is 11.3 Å². The molecule has 0 aromatic heterocycles. The fourth-order valence-electron chi connectivity index (χ4n) is 3.03. The molecule has 4 heteroatoms. The van der Waals surface area contributed by atoms with Crippen molar-refractivity contribution in [3.8, 4) is 0 Å². The first-order chi connectivity index (χ1) is 9.08. The van der Waals surface area contributed by atoms with Gasteiger partial charge in [-0.05, 0) is 23.6 Å². The van der Waals surface area contributed by atoms with Crippen molar-refractivity contribution in [2.45, 2.75) is 25.8 Å². The molecule has 102 valence electrons. The Labute approximate surface area is 114 Å². The Morgan fingerprint density at radius 2 is 2.11 bits per heavy atom. The number of piperazine rings is 1. The van der Waals surface area contributed by atoms with Crippen molar-refractivity contribution in [2.24, 2.45) is 0 Å². The van der Waals surface area contributed by atoms with Crippen molar-refractivity contribution in [3.05, 3.63) is 23.8 Å². The third-order valence-electron chi connectivity index (χ3n) is 4.11. The van der Waals surface area contributed by atoms with Gasteiger partial charge in [0.1, 0.15) is 0 Å². The van der Waals surface area contributed by atoms with Gasteiger partial charge in [-0.1, -0.05) is 19.9 Å². The molecular formula is C15H21N3O. The Kier molecular flexibility index (Phi) is 2.97. The van der Waals surface area contributed by atoms with Crippen LogP contribution in [0.25, 0.3) is 0 Å². The molecule has 1 unspecified atom stereocenters. The van der Waals surface area contributed by atoms with E-state index in [4.69, 9.17) is 0 Å². The number of amides is 1. The molecule has 1 saturated heterocycles. The Hall–Kier alpha value is -1.55. The molecule has 1 fully saturated rings. The number of nitrogens with zero attached hydrogens (tertiary/aromatic N) is 2. The highest BCUT2D eigenvalue weighted by atomic mass is 16.2. The van der Waals surface area contributed by atoms with Gasteiger partial charge in [0.2, 0.25) is 5.91 Å². The number of carbonyl (C=O) groups excluding carboxylic acids is 1. The van der Waals surface area contributed by atoms with Gasteiger partial charge in [0, 0.05) is 20.1 Å². The van der Waals surface area contributed by atoms with Gasteiger partial charge in [0.05, 0.1) is 24.0 Å². The highest BCUT2D eigenvalue weighted by molar-refractivity contribution is 6.00. The Morgan fingerprint density at radius 3 is 2.84 bits per heavy atom. The van der Waals surface area contributed by atoms with E-state index >= 15 is 0 Å². The number of nitrogens with one attached hydrogen (secondary N) is 1. The van der Waals surface area contributed by atoms with E-state index < -0.39 is 0 Å². The Balaban J connectivity index is 2.06. The quantitative estimate of drug-likeness (QED) is 0.831. The highest BCUT2D eigenvalue weighted by Gasteiger charge is 2.35. The third-order valence-corrected chi connectivity index (χ3v) is 4.11. The molecule has 2 aliphatic rings.